The third-order valence-electron chi connectivity index (χ3n) is 2.64. The third-order valence-corrected chi connectivity index (χ3v) is 2.88. The van der Waals surface area contributed by atoms with Gasteiger partial charge in [-0.3, -0.25) is 0 Å². The number of benzene rings is 2. The molecule has 5 heteroatoms. The molecule has 0 bridgehead atoms. The summed E-state index contributed by atoms with van der Waals surface area (Å²) in [5.74, 6) is -1.79. The van der Waals surface area contributed by atoms with Crippen molar-refractivity contribution < 1.29 is 8.78 Å². The summed E-state index contributed by atoms with van der Waals surface area (Å²) in [5, 5.41) is 0.522. The van der Waals surface area contributed by atoms with Crippen LogP contribution in [0.4, 0.5) is 25.8 Å². The molecular weight excluding hydrogens is 258 g/mol. The van der Waals surface area contributed by atoms with Crippen LogP contribution in [-0.4, -0.2) is 7.05 Å². The van der Waals surface area contributed by atoms with Crippen LogP contribution in [0, 0.1) is 11.6 Å². The van der Waals surface area contributed by atoms with E-state index in [0.29, 0.717) is 22.1 Å². The SMILES string of the molecule is CN(c1ccc(F)c(F)c1)c1cc(Cl)ccc1N. The van der Waals surface area contributed by atoms with Gasteiger partial charge in [0.15, 0.2) is 11.6 Å². The monoisotopic (exact) mass is 268 g/mol. The van der Waals surface area contributed by atoms with Crippen LogP contribution < -0.4 is 10.6 Å². The molecule has 0 radical (unpaired) electrons. The number of rotatable bonds is 2. The van der Waals surface area contributed by atoms with Crippen LogP contribution in [0.1, 0.15) is 0 Å². The van der Waals surface area contributed by atoms with Gasteiger partial charge in [0, 0.05) is 23.8 Å². The molecule has 2 N–H and O–H groups in total. The van der Waals surface area contributed by atoms with E-state index < -0.39 is 11.6 Å². The van der Waals surface area contributed by atoms with Crippen molar-refractivity contribution in [3.63, 3.8) is 0 Å². The van der Waals surface area contributed by atoms with E-state index in [1.54, 1.807) is 30.1 Å². The molecule has 0 spiro atoms. The molecule has 2 nitrogen and oxygen atoms in total. The lowest BCUT2D eigenvalue weighted by atomic mass is 10.2. The Kier molecular flexibility index (Phi) is 3.39. The fourth-order valence-corrected chi connectivity index (χ4v) is 1.81. The predicted octanol–water partition coefficient (Wildman–Crippen LogP) is 3.97. The van der Waals surface area contributed by atoms with Crippen LogP contribution in [-0.2, 0) is 0 Å². The first-order chi connectivity index (χ1) is 8.49. The molecule has 0 amide bonds. The van der Waals surface area contributed by atoms with Crippen LogP contribution in [0.2, 0.25) is 5.02 Å². The second-order valence-electron chi connectivity index (χ2n) is 3.86. The van der Waals surface area contributed by atoms with Crippen LogP contribution >= 0.6 is 11.6 Å². The Morgan fingerprint density at radius 2 is 1.78 bits per heavy atom. The molecule has 0 unspecified atom stereocenters. The summed E-state index contributed by atoms with van der Waals surface area (Å²) in [6, 6.07) is 8.64. The van der Waals surface area contributed by atoms with Gasteiger partial charge in [0.25, 0.3) is 0 Å². The van der Waals surface area contributed by atoms with Gasteiger partial charge in [-0.25, -0.2) is 8.78 Å². The van der Waals surface area contributed by atoms with Gasteiger partial charge < -0.3 is 10.6 Å². The van der Waals surface area contributed by atoms with Crippen molar-refractivity contribution in [1.82, 2.24) is 0 Å². The van der Waals surface area contributed by atoms with E-state index >= 15 is 0 Å². The first kappa shape index (κ1) is 12.6. The van der Waals surface area contributed by atoms with Crippen LogP contribution in [0.15, 0.2) is 36.4 Å². The lowest BCUT2D eigenvalue weighted by Gasteiger charge is -2.21. The zero-order chi connectivity index (χ0) is 13.3. The van der Waals surface area contributed by atoms with E-state index in [4.69, 9.17) is 17.3 Å². The standard InChI is InChI=1S/C13H11ClF2N2/c1-18(9-3-4-10(15)11(16)7-9)13-6-8(14)2-5-12(13)17/h2-7H,17H2,1H3. The van der Waals surface area contributed by atoms with Crippen molar-refractivity contribution in [2.24, 2.45) is 0 Å². The fourth-order valence-electron chi connectivity index (χ4n) is 1.64. The minimum Gasteiger partial charge on any atom is -0.397 e. The Balaban J connectivity index is 2.44. The highest BCUT2D eigenvalue weighted by atomic mass is 35.5. The Hall–Kier alpha value is -1.81. The van der Waals surface area contributed by atoms with Crippen molar-refractivity contribution in [3.05, 3.63) is 53.1 Å². The first-order valence-corrected chi connectivity index (χ1v) is 5.60. The number of nitrogen functional groups attached to an aromatic ring is 1. The highest BCUT2D eigenvalue weighted by molar-refractivity contribution is 6.31. The third kappa shape index (κ3) is 2.38. The molecule has 2 rings (SSSR count). The molecule has 18 heavy (non-hydrogen) atoms. The number of hydrogen-bond acceptors (Lipinski definition) is 2. The van der Waals surface area contributed by atoms with E-state index in [1.807, 2.05) is 0 Å². The average Bonchev–Trinajstić information content (AvgIpc) is 2.35. The number of halogens is 3. The van der Waals surface area contributed by atoms with Gasteiger partial charge in [0.05, 0.1) is 11.4 Å². The highest BCUT2D eigenvalue weighted by Crippen LogP contribution is 2.31. The molecule has 0 atom stereocenters. The first-order valence-electron chi connectivity index (χ1n) is 5.23. The lowest BCUT2D eigenvalue weighted by molar-refractivity contribution is 0.509. The predicted molar refractivity (Wildman–Crippen MR) is 70.3 cm³/mol. The maximum Gasteiger partial charge on any atom is 0.160 e. The van der Waals surface area contributed by atoms with Gasteiger partial charge in [0.2, 0.25) is 0 Å². The number of nitrogens with zero attached hydrogens (tertiary/aromatic N) is 1. The molecule has 2 aromatic carbocycles. The smallest absolute Gasteiger partial charge is 0.160 e. The quantitative estimate of drug-likeness (QED) is 0.835. The summed E-state index contributed by atoms with van der Waals surface area (Å²) in [6.07, 6.45) is 0. The minimum atomic E-state index is -0.903. The molecule has 0 aliphatic rings. The summed E-state index contributed by atoms with van der Waals surface area (Å²) in [6.45, 7) is 0. The summed E-state index contributed by atoms with van der Waals surface area (Å²) in [5.41, 5.74) is 7.46. The van der Waals surface area contributed by atoms with Crippen molar-refractivity contribution in [1.29, 1.82) is 0 Å². The van der Waals surface area contributed by atoms with Crippen molar-refractivity contribution in [2.45, 2.75) is 0 Å². The van der Waals surface area contributed by atoms with E-state index in [0.717, 1.165) is 12.1 Å². The Morgan fingerprint density at radius 3 is 2.44 bits per heavy atom. The zero-order valence-electron chi connectivity index (χ0n) is 9.62. The molecule has 2 aromatic rings. The van der Waals surface area contributed by atoms with Gasteiger partial charge in [0.1, 0.15) is 0 Å². The van der Waals surface area contributed by atoms with Gasteiger partial charge in [-0.1, -0.05) is 11.6 Å². The molecule has 0 fully saturated rings. The summed E-state index contributed by atoms with van der Waals surface area (Å²) in [4.78, 5) is 1.64. The number of anilines is 3. The van der Waals surface area contributed by atoms with E-state index in [2.05, 4.69) is 0 Å². The van der Waals surface area contributed by atoms with E-state index in [-0.39, 0.29) is 0 Å². The molecule has 0 aromatic heterocycles. The molecular formula is C13H11ClF2N2. The van der Waals surface area contributed by atoms with Crippen molar-refractivity contribution >= 4 is 28.7 Å². The minimum absolute atomic E-state index is 0.489. The van der Waals surface area contributed by atoms with Crippen molar-refractivity contribution in [3.8, 4) is 0 Å². The number of nitrogens with two attached hydrogens (primary N) is 1. The van der Waals surface area contributed by atoms with E-state index in [1.165, 1.54) is 6.07 Å². The summed E-state index contributed by atoms with van der Waals surface area (Å²) >= 11 is 5.89. The Bertz CT molecular complexity index is 587. The fraction of sp³-hybridized carbons (Fsp3) is 0.0769. The Morgan fingerprint density at radius 1 is 1.06 bits per heavy atom. The molecule has 0 aliphatic carbocycles. The topological polar surface area (TPSA) is 29.3 Å². The molecule has 0 heterocycles. The van der Waals surface area contributed by atoms with Gasteiger partial charge in [-0.2, -0.15) is 0 Å². The summed E-state index contributed by atoms with van der Waals surface area (Å²) in [7, 11) is 1.70. The largest absolute Gasteiger partial charge is 0.397 e. The average molecular weight is 269 g/mol. The summed E-state index contributed by atoms with van der Waals surface area (Å²) < 4.78 is 26.0. The van der Waals surface area contributed by atoms with Gasteiger partial charge in [-0.05, 0) is 30.3 Å². The molecule has 0 saturated carbocycles. The maximum absolute atomic E-state index is 13.2. The van der Waals surface area contributed by atoms with Crippen LogP contribution in [0.3, 0.4) is 0 Å². The van der Waals surface area contributed by atoms with Crippen LogP contribution in [0.5, 0.6) is 0 Å². The van der Waals surface area contributed by atoms with Crippen molar-refractivity contribution in [2.75, 3.05) is 17.7 Å². The zero-order valence-corrected chi connectivity index (χ0v) is 10.4. The van der Waals surface area contributed by atoms with Crippen LogP contribution in [0.25, 0.3) is 0 Å². The van der Waals surface area contributed by atoms with Gasteiger partial charge >= 0.3 is 0 Å². The Labute approximate surface area is 109 Å². The van der Waals surface area contributed by atoms with E-state index in [9.17, 15) is 8.78 Å². The normalized spacial score (nSPS) is 10.4. The molecule has 0 saturated heterocycles. The number of hydrogen-bond donors (Lipinski definition) is 1. The van der Waals surface area contributed by atoms with Gasteiger partial charge in [-0.15, -0.1) is 0 Å². The second kappa shape index (κ2) is 4.82. The highest BCUT2D eigenvalue weighted by Gasteiger charge is 2.11. The molecule has 94 valence electrons. The maximum atomic E-state index is 13.2. The lowest BCUT2D eigenvalue weighted by Crippen LogP contribution is -2.12. The second-order valence-corrected chi connectivity index (χ2v) is 4.30. The molecule has 0 aliphatic heterocycles.